The molecule has 1 aromatic carbocycles. The maximum absolute atomic E-state index is 13.0. The van der Waals surface area contributed by atoms with Crippen molar-refractivity contribution in [2.24, 2.45) is 22.8 Å². The molecule has 0 bridgehead atoms. The van der Waals surface area contributed by atoms with Crippen LogP contribution in [-0.4, -0.2) is 17.1 Å². The Hall–Kier alpha value is -2.28. The smallest absolute Gasteiger partial charge is 0.262 e. The number of pyridine rings is 1. The van der Waals surface area contributed by atoms with E-state index in [1.54, 1.807) is 0 Å². The van der Waals surface area contributed by atoms with E-state index in [2.05, 4.69) is 32.2 Å². The number of nitrogens with zero attached hydrogens (tertiary/aromatic N) is 1. The highest BCUT2D eigenvalue weighted by molar-refractivity contribution is 7.20. The molecule has 1 amide bonds. The molecule has 0 radical (unpaired) electrons. The highest BCUT2D eigenvalue weighted by atomic mass is 32.1. The fraction of sp³-hybridized carbons (Fsp3) is 0.417. The summed E-state index contributed by atoms with van der Waals surface area (Å²) in [4.78, 5) is 19.4. The third-order valence-corrected chi connectivity index (χ3v) is 7.20. The lowest BCUT2D eigenvalue weighted by atomic mass is 9.71. The number of benzene rings is 1. The van der Waals surface area contributed by atoms with Crippen LogP contribution in [0, 0.1) is 11.3 Å². The van der Waals surface area contributed by atoms with Gasteiger partial charge in [0.2, 0.25) is 0 Å². The summed E-state index contributed by atoms with van der Waals surface area (Å²) in [6.45, 7) is 6.94. The van der Waals surface area contributed by atoms with E-state index in [1.807, 2.05) is 36.4 Å². The Morgan fingerprint density at radius 1 is 1.20 bits per heavy atom. The number of rotatable bonds is 4. The number of hydrogen-bond donors (Lipinski definition) is 3. The van der Waals surface area contributed by atoms with Crippen molar-refractivity contribution in [2.45, 2.75) is 52.2 Å². The van der Waals surface area contributed by atoms with Crippen LogP contribution >= 0.6 is 11.3 Å². The molecule has 30 heavy (non-hydrogen) atoms. The van der Waals surface area contributed by atoms with Gasteiger partial charge in [-0.15, -0.1) is 11.3 Å². The first-order valence-corrected chi connectivity index (χ1v) is 11.3. The van der Waals surface area contributed by atoms with Gasteiger partial charge in [-0.3, -0.25) is 4.79 Å². The number of thiophene rings is 1. The molecule has 1 aliphatic rings. The van der Waals surface area contributed by atoms with E-state index in [9.17, 15) is 4.79 Å². The maximum atomic E-state index is 13.0. The fourth-order valence-electron chi connectivity index (χ4n) is 4.25. The summed E-state index contributed by atoms with van der Waals surface area (Å²) >= 11 is 1.43. The van der Waals surface area contributed by atoms with Crippen molar-refractivity contribution in [3.05, 3.63) is 64.2 Å². The first-order chi connectivity index (χ1) is 14.2. The molecule has 5 nitrogen and oxygen atoms in total. The Labute approximate surface area is 181 Å². The molecule has 6 heteroatoms. The van der Waals surface area contributed by atoms with Crippen molar-refractivity contribution in [1.29, 1.82) is 0 Å². The van der Waals surface area contributed by atoms with Crippen LogP contribution in [0.3, 0.4) is 0 Å². The van der Waals surface area contributed by atoms with Crippen LogP contribution in [0.1, 0.15) is 59.7 Å². The van der Waals surface area contributed by atoms with Crippen LogP contribution in [0.2, 0.25) is 0 Å². The van der Waals surface area contributed by atoms with Crippen LogP contribution in [0.15, 0.2) is 42.5 Å². The molecule has 1 unspecified atom stereocenters. The molecule has 158 valence electrons. The average Bonchev–Trinajstić information content (AvgIpc) is 3.12. The topological polar surface area (TPSA) is 94.0 Å². The van der Waals surface area contributed by atoms with Gasteiger partial charge in [0, 0.05) is 11.1 Å². The van der Waals surface area contributed by atoms with Gasteiger partial charge in [-0.1, -0.05) is 51.1 Å². The summed E-state index contributed by atoms with van der Waals surface area (Å²) in [6, 6.07) is 13.3. The summed E-state index contributed by atoms with van der Waals surface area (Å²) in [6.07, 6.45) is 2.54. The summed E-state index contributed by atoms with van der Waals surface area (Å²) in [5.41, 5.74) is 15.6. The zero-order valence-corrected chi connectivity index (χ0v) is 18.6. The Kier molecular flexibility index (Phi) is 5.66. The molecule has 2 atom stereocenters. The number of aryl methyl sites for hydroxylation is 1. The second-order valence-corrected chi connectivity index (χ2v) is 10.4. The standard InChI is InChI=1S/C24H30N4OS/c1-24(2,3)17-9-10-18-15(12-17)11-16-13-19(30-23(16)27-18)22(29)28-20(21(25)26)14-7-5-4-6-8-14/h4-8,11,13,17,20-21H,9-10,12,25-26H2,1-3H3,(H,28,29)/t17?,20-/m0/s1. The summed E-state index contributed by atoms with van der Waals surface area (Å²) < 4.78 is 0. The van der Waals surface area contributed by atoms with Crippen LogP contribution in [-0.2, 0) is 12.8 Å². The normalized spacial score (nSPS) is 17.7. The van der Waals surface area contributed by atoms with Gasteiger partial charge in [0.25, 0.3) is 5.91 Å². The molecule has 4 rings (SSSR count). The lowest BCUT2D eigenvalue weighted by Crippen LogP contribution is -2.46. The number of nitrogens with two attached hydrogens (primary N) is 2. The summed E-state index contributed by atoms with van der Waals surface area (Å²) in [5, 5.41) is 4.03. The number of carbonyl (C=O) groups excluding carboxylic acids is 1. The second-order valence-electron chi connectivity index (χ2n) is 9.34. The largest absolute Gasteiger partial charge is 0.342 e. The van der Waals surface area contributed by atoms with Crippen LogP contribution in [0.25, 0.3) is 10.2 Å². The van der Waals surface area contributed by atoms with E-state index >= 15 is 0 Å². The molecule has 0 aliphatic heterocycles. The lowest BCUT2D eigenvalue weighted by molar-refractivity contribution is 0.0935. The molecule has 1 aliphatic carbocycles. The first kappa shape index (κ1) is 21.0. The molecular weight excluding hydrogens is 392 g/mol. The number of amides is 1. The van der Waals surface area contributed by atoms with Crippen molar-refractivity contribution in [2.75, 3.05) is 0 Å². The molecule has 0 saturated heterocycles. The van der Waals surface area contributed by atoms with Gasteiger partial charge in [-0.2, -0.15) is 0 Å². The molecule has 2 heterocycles. The minimum absolute atomic E-state index is 0.168. The van der Waals surface area contributed by atoms with Gasteiger partial charge in [0.15, 0.2) is 0 Å². The van der Waals surface area contributed by atoms with Gasteiger partial charge in [-0.05, 0) is 53.9 Å². The van der Waals surface area contributed by atoms with Crippen molar-refractivity contribution < 1.29 is 4.79 Å². The second kappa shape index (κ2) is 8.10. The third kappa shape index (κ3) is 4.26. The van der Waals surface area contributed by atoms with E-state index in [0.717, 1.165) is 28.6 Å². The lowest BCUT2D eigenvalue weighted by Gasteiger charge is -2.34. The Morgan fingerprint density at radius 2 is 1.93 bits per heavy atom. The molecule has 5 N–H and O–H groups in total. The van der Waals surface area contributed by atoms with Gasteiger partial charge in [0.1, 0.15) is 4.83 Å². The highest BCUT2D eigenvalue weighted by Crippen LogP contribution is 2.38. The molecular formula is C24H30N4OS. The van der Waals surface area contributed by atoms with Crippen molar-refractivity contribution in [1.82, 2.24) is 10.3 Å². The number of fused-ring (bicyclic) bond motifs is 2. The zero-order valence-electron chi connectivity index (χ0n) is 17.8. The van der Waals surface area contributed by atoms with Gasteiger partial charge >= 0.3 is 0 Å². The minimum atomic E-state index is -0.689. The first-order valence-electron chi connectivity index (χ1n) is 10.5. The van der Waals surface area contributed by atoms with E-state index < -0.39 is 12.2 Å². The van der Waals surface area contributed by atoms with Gasteiger partial charge in [-0.25, -0.2) is 4.98 Å². The van der Waals surface area contributed by atoms with Crippen molar-refractivity contribution >= 4 is 27.5 Å². The van der Waals surface area contributed by atoms with Crippen LogP contribution in [0.4, 0.5) is 0 Å². The van der Waals surface area contributed by atoms with Crippen molar-refractivity contribution in [3.63, 3.8) is 0 Å². The van der Waals surface area contributed by atoms with E-state index in [4.69, 9.17) is 16.5 Å². The minimum Gasteiger partial charge on any atom is -0.342 e. The van der Waals surface area contributed by atoms with Gasteiger partial charge < -0.3 is 16.8 Å². The van der Waals surface area contributed by atoms with E-state index in [-0.39, 0.29) is 5.91 Å². The number of carbonyl (C=O) groups is 1. The predicted molar refractivity (Wildman–Crippen MR) is 123 cm³/mol. The van der Waals surface area contributed by atoms with Crippen LogP contribution < -0.4 is 16.8 Å². The Bertz CT molecular complexity index is 1050. The number of hydrogen-bond acceptors (Lipinski definition) is 5. The van der Waals surface area contributed by atoms with E-state index in [1.165, 1.54) is 29.0 Å². The molecule has 0 spiro atoms. The Balaban J connectivity index is 1.58. The monoisotopic (exact) mass is 422 g/mol. The number of aromatic nitrogens is 1. The third-order valence-electron chi connectivity index (χ3n) is 6.15. The molecule has 2 aromatic heterocycles. The quantitative estimate of drug-likeness (QED) is 0.550. The fourth-order valence-corrected chi connectivity index (χ4v) is 5.19. The zero-order chi connectivity index (χ0) is 21.5. The maximum Gasteiger partial charge on any atom is 0.262 e. The van der Waals surface area contributed by atoms with Crippen LogP contribution in [0.5, 0.6) is 0 Å². The van der Waals surface area contributed by atoms with E-state index in [0.29, 0.717) is 16.2 Å². The molecule has 0 fully saturated rings. The average molecular weight is 423 g/mol. The molecule has 0 saturated carbocycles. The van der Waals surface area contributed by atoms with Gasteiger partial charge in [0.05, 0.1) is 17.1 Å². The SMILES string of the molecule is CC(C)(C)C1CCc2nc3sc(C(=O)N[C@@H](c4ccccc4)C(N)N)cc3cc2C1. The Morgan fingerprint density at radius 3 is 2.60 bits per heavy atom. The summed E-state index contributed by atoms with van der Waals surface area (Å²) in [7, 11) is 0. The molecule has 3 aromatic rings. The summed E-state index contributed by atoms with van der Waals surface area (Å²) in [5.74, 6) is 0.488. The predicted octanol–water partition coefficient (Wildman–Crippen LogP) is 4.16. The number of nitrogens with one attached hydrogen (secondary N) is 1. The van der Waals surface area contributed by atoms with Crippen molar-refractivity contribution in [3.8, 4) is 0 Å². The highest BCUT2D eigenvalue weighted by Gasteiger charge is 2.30.